The van der Waals surface area contributed by atoms with Gasteiger partial charge < -0.3 is 9.47 Å². The van der Waals surface area contributed by atoms with E-state index in [1.165, 1.54) is 13.8 Å². The van der Waals surface area contributed by atoms with Gasteiger partial charge >= 0.3 is 18.1 Å². The largest absolute Gasteiger partial charge is 0.462 e. The summed E-state index contributed by atoms with van der Waals surface area (Å²) in [7, 11) is 0. The zero-order valence-electron chi connectivity index (χ0n) is 9.77. The molecule has 0 aliphatic carbocycles. The molecule has 0 bridgehead atoms. The first kappa shape index (κ1) is 16.9. The minimum atomic E-state index is -4.82. The molecule has 8 heteroatoms. The van der Waals surface area contributed by atoms with Gasteiger partial charge in [0.05, 0.1) is 18.8 Å². The second-order valence-electron chi connectivity index (χ2n) is 2.93. The van der Waals surface area contributed by atoms with E-state index in [4.69, 9.17) is 0 Å². The van der Waals surface area contributed by atoms with Crippen LogP contribution in [0, 0.1) is 0 Å². The number of hydrogen-bond acceptors (Lipinski definition) is 4. The fraction of sp³-hybridized carbons (Fsp3) is 0.600. The number of esters is 2. The molecule has 0 amide bonds. The van der Waals surface area contributed by atoms with Gasteiger partial charge in [-0.15, -0.1) is 0 Å². The first-order valence-corrected chi connectivity index (χ1v) is 6.12. The van der Waals surface area contributed by atoms with E-state index in [1.807, 2.05) is 0 Å². The highest BCUT2D eigenvalue weighted by atomic mass is 79.9. The summed E-state index contributed by atoms with van der Waals surface area (Å²) < 4.78 is 46.9. The third-order valence-corrected chi connectivity index (χ3v) is 2.30. The molecule has 0 N–H and O–H groups in total. The molecule has 0 heterocycles. The lowest BCUT2D eigenvalue weighted by Gasteiger charge is -2.14. The molecule has 0 aromatic rings. The van der Waals surface area contributed by atoms with E-state index in [2.05, 4.69) is 25.4 Å². The SMILES string of the molecule is CCOC(=O)C(C(=O)OCC)=C(CBr)C(F)(F)F. The molecule has 0 saturated heterocycles. The van der Waals surface area contributed by atoms with Crippen LogP contribution in [0.1, 0.15) is 13.8 Å². The molecule has 4 nitrogen and oxygen atoms in total. The van der Waals surface area contributed by atoms with E-state index in [0.717, 1.165) is 0 Å². The number of carbonyl (C=O) groups is 2. The van der Waals surface area contributed by atoms with Gasteiger partial charge in [0.25, 0.3) is 0 Å². The average molecular weight is 333 g/mol. The van der Waals surface area contributed by atoms with E-state index >= 15 is 0 Å². The summed E-state index contributed by atoms with van der Waals surface area (Å²) in [6, 6.07) is 0. The smallest absolute Gasteiger partial charge is 0.414 e. The molecule has 0 spiro atoms. The number of carbonyl (C=O) groups excluding carboxylic acids is 2. The molecular formula is C10H12BrF3O4. The maximum atomic E-state index is 12.7. The quantitative estimate of drug-likeness (QED) is 0.255. The van der Waals surface area contributed by atoms with Crippen molar-refractivity contribution >= 4 is 27.9 Å². The Morgan fingerprint density at radius 1 is 1.06 bits per heavy atom. The van der Waals surface area contributed by atoms with Crippen LogP contribution >= 0.6 is 15.9 Å². The molecule has 0 atom stereocenters. The summed E-state index contributed by atoms with van der Waals surface area (Å²) in [6.07, 6.45) is -4.82. The zero-order chi connectivity index (χ0) is 14.3. The van der Waals surface area contributed by atoms with Crippen molar-refractivity contribution in [3.05, 3.63) is 11.1 Å². The van der Waals surface area contributed by atoms with Crippen LogP contribution in [0.2, 0.25) is 0 Å². The van der Waals surface area contributed by atoms with Crippen LogP contribution < -0.4 is 0 Å². The predicted octanol–water partition coefficient (Wildman–Crippen LogP) is 2.37. The van der Waals surface area contributed by atoms with Gasteiger partial charge in [0.1, 0.15) is 0 Å². The zero-order valence-corrected chi connectivity index (χ0v) is 11.4. The Labute approximate surface area is 110 Å². The van der Waals surface area contributed by atoms with Crippen molar-refractivity contribution in [2.75, 3.05) is 18.5 Å². The molecule has 0 rings (SSSR count). The summed E-state index contributed by atoms with van der Waals surface area (Å²) in [5.74, 6) is -2.69. The third-order valence-electron chi connectivity index (χ3n) is 1.74. The summed E-state index contributed by atoms with van der Waals surface area (Å²) >= 11 is 2.60. The standard InChI is InChI=1S/C10H12BrF3O4/c1-3-17-8(15)7(9(16)18-4-2)6(5-11)10(12,13)14/h3-5H2,1-2H3. The van der Waals surface area contributed by atoms with E-state index in [1.54, 1.807) is 0 Å². The maximum Gasteiger partial charge on any atom is 0.414 e. The molecule has 0 aromatic heterocycles. The number of allylic oxidation sites excluding steroid dienone is 1. The number of halogens is 4. The molecule has 0 saturated carbocycles. The van der Waals surface area contributed by atoms with Crippen molar-refractivity contribution < 1.29 is 32.2 Å². The topological polar surface area (TPSA) is 52.6 Å². The molecule has 0 aliphatic heterocycles. The first-order valence-electron chi connectivity index (χ1n) is 5.00. The number of ether oxygens (including phenoxy) is 2. The molecule has 18 heavy (non-hydrogen) atoms. The van der Waals surface area contributed by atoms with Gasteiger partial charge in [0.2, 0.25) is 0 Å². The Bertz CT molecular complexity index is 330. The van der Waals surface area contributed by atoms with Gasteiger partial charge in [0.15, 0.2) is 5.57 Å². The second kappa shape index (κ2) is 7.40. The van der Waals surface area contributed by atoms with Crippen LogP contribution in [0.3, 0.4) is 0 Å². The van der Waals surface area contributed by atoms with Crippen molar-refractivity contribution in [3.63, 3.8) is 0 Å². The molecule has 104 valence electrons. The molecule has 0 unspecified atom stereocenters. The summed E-state index contributed by atoms with van der Waals surface area (Å²) in [4.78, 5) is 22.8. The fourth-order valence-electron chi connectivity index (χ4n) is 1.02. The van der Waals surface area contributed by atoms with E-state index in [-0.39, 0.29) is 13.2 Å². The van der Waals surface area contributed by atoms with Gasteiger partial charge in [-0.05, 0) is 13.8 Å². The first-order chi connectivity index (χ1) is 8.29. The van der Waals surface area contributed by atoms with Crippen LogP contribution in [0.5, 0.6) is 0 Å². The van der Waals surface area contributed by atoms with Gasteiger partial charge in [-0.2, -0.15) is 13.2 Å². The van der Waals surface area contributed by atoms with Gasteiger partial charge in [-0.3, -0.25) is 0 Å². The minimum absolute atomic E-state index is 0.144. The van der Waals surface area contributed by atoms with E-state index < -0.39 is 34.6 Å². The van der Waals surface area contributed by atoms with Crippen LogP contribution in [-0.4, -0.2) is 36.7 Å². The summed E-state index contributed by atoms with van der Waals surface area (Å²) in [5, 5.41) is -0.705. The van der Waals surface area contributed by atoms with E-state index in [0.29, 0.717) is 0 Å². The lowest BCUT2D eigenvalue weighted by atomic mass is 10.1. The van der Waals surface area contributed by atoms with Crippen LogP contribution in [0.15, 0.2) is 11.1 Å². The van der Waals surface area contributed by atoms with Crippen molar-refractivity contribution in [1.82, 2.24) is 0 Å². The maximum absolute atomic E-state index is 12.7. The lowest BCUT2D eigenvalue weighted by Crippen LogP contribution is -2.26. The average Bonchev–Trinajstić information content (AvgIpc) is 2.24. The summed E-state index contributed by atoms with van der Waals surface area (Å²) in [6.45, 7) is 2.55. The van der Waals surface area contributed by atoms with Crippen molar-refractivity contribution in [1.29, 1.82) is 0 Å². The van der Waals surface area contributed by atoms with E-state index in [9.17, 15) is 22.8 Å². The molecule has 0 aromatic carbocycles. The Morgan fingerprint density at radius 2 is 1.44 bits per heavy atom. The minimum Gasteiger partial charge on any atom is -0.462 e. The van der Waals surface area contributed by atoms with Crippen molar-refractivity contribution in [2.45, 2.75) is 20.0 Å². The lowest BCUT2D eigenvalue weighted by molar-refractivity contribution is -0.148. The number of rotatable bonds is 5. The molecular weight excluding hydrogens is 321 g/mol. The molecule has 0 fully saturated rings. The van der Waals surface area contributed by atoms with Gasteiger partial charge in [-0.25, -0.2) is 9.59 Å². The normalized spacial score (nSPS) is 10.8. The Morgan fingerprint density at radius 3 is 1.67 bits per heavy atom. The number of alkyl halides is 4. The molecule has 0 aliphatic rings. The van der Waals surface area contributed by atoms with Crippen LogP contribution in [0.25, 0.3) is 0 Å². The third kappa shape index (κ3) is 4.67. The monoisotopic (exact) mass is 332 g/mol. The second-order valence-corrected chi connectivity index (χ2v) is 3.49. The Kier molecular flexibility index (Phi) is 6.97. The van der Waals surface area contributed by atoms with Gasteiger partial charge in [0, 0.05) is 5.33 Å². The van der Waals surface area contributed by atoms with Crippen molar-refractivity contribution in [2.24, 2.45) is 0 Å². The van der Waals surface area contributed by atoms with Crippen LogP contribution in [0.4, 0.5) is 13.2 Å². The van der Waals surface area contributed by atoms with Crippen LogP contribution in [-0.2, 0) is 19.1 Å². The fourth-order valence-corrected chi connectivity index (χ4v) is 1.62. The predicted molar refractivity (Wildman–Crippen MR) is 60.1 cm³/mol. The highest BCUT2D eigenvalue weighted by Crippen LogP contribution is 2.30. The highest BCUT2D eigenvalue weighted by Gasteiger charge is 2.40. The number of hydrogen-bond donors (Lipinski definition) is 0. The summed E-state index contributed by atoms with van der Waals surface area (Å²) in [5.41, 5.74) is -2.44. The molecule has 0 radical (unpaired) electrons. The Balaban J connectivity index is 5.62. The van der Waals surface area contributed by atoms with Gasteiger partial charge in [-0.1, -0.05) is 15.9 Å². The Hall–Kier alpha value is -1.05. The highest BCUT2D eigenvalue weighted by molar-refractivity contribution is 9.09. The van der Waals surface area contributed by atoms with Crippen molar-refractivity contribution in [3.8, 4) is 0 Å².